The first-order valence-corrected chi connectivity index (χ1v) is 5.66. The average molecular weight is 231 g/mol. The van der Waals surface area contributed by atoms with E-state index in [1.54, 1.807) is 6.92 Å². The van der Waals surface area contributed by atoms with Crippen LogP contribution >= 0.6 is 11.3 Å². The zero-order valence-electron chi connectivity index (χ0n) is 8.57. The van der Waals surface area contributed by atoms with Gasteiger partial charge in [-0.1, -0.05) is 12.1 Å². The molecule has 2 aromatic heterocycles. The molecule has 80 valence electrons. The third-order valence-corrected chi connectivity index (χ3v) is 3.67. The number of fused-ring (bicyclic) bond motifs is 3. The van der Waals surface area contributed by atoms with Crippen LogP contribution in [0.1, 0.15) is 5.82 Å². The highest BCUT2D eigenvalue weighted by molar-refractivity contribution is 7.26. The van der Waals surface area contributed by atoms with Crippen molar-refractivity contribution in [1.29, 1.82) is 0 Å². The Balaban J connectivity index is 2.67. The molecule has 3 N–H and O–H groups in total. The number of aromatic amines is 1. The largest absolute Gasteiger partial charge is 0.398 e. The van der Waals surface area contributed by atoms with Crippen molar-refractivity contribution in [2.75, 3.05) is 5.73 Å². The number of nitrogens with zero attached hydrogens (tertiary/aromatic N) is 1. The molecule has 0 fully saturated rings. The lowest BCUT2D eigenvalue weighted by Crippen LogP contribution is -2.08. The normalized spacial score (nSPS) is 11.3. The maximum atomic E-state index is 11.9. The van der Waals surface area contributed by atoms with Gasteiger partial charge in [0.15, 0.2) is 0 Å². The van der Waals surface area contributed by atoms with Crippen LogP contribution in [0.3, 0.4) is 0 Å². The minimum absolute atomic E-state index is 0.0978. The van der Waals surface area contributed by atoms with Crippen LogP contribution < -0.4 is 11.3 Å². The van der Waals surface area contributed by atoms with Gasteiger partial charge in [-0.25, -0.2) is 4.98 Å². The van der Waals surface area contributed by atoms with E-state index in [0.29, 0.717) is 16.9 Å². The Bertz CT molecular complexity index is 757. The number of hydrogen-bond donors (Lipinski definition) is 2. The fraction of sp³-hybridized carbons (Fsp3) is 0.0909. The van der Waals surface area contributed by atoms with Gasteiger partial charge in [0.05, 0.1) is 10.1 Å². The van der Waals surface area contributed by atoms with Crippen molar-refractivity contribution >= 4 is 37.3 Å². The van der Waals surface area contributed by atoms with Crippen molar-refractivity contribution in [2.45, 2.75) is 6.92 Å². The van der Waals surface area contributed by atoms with Crippen LogP contribution in [0.15, 0.2) is 23.0 Å². The molecule has 3 rings (SSSR count). The van der Waals surface area contributed by atoms with Crippen LogP contribution in [0.2, 0.25) is 0 Å². The molecule has 16 heavy (non-hydrogen) atoms. The van der Waals surface area contributed by atoms with E-state index >= 15 is 0 Å². The highest BCUT2D eigenvalue weighted by atomic mass is 32.1. The molecule has 0 bridgehead atoms. The molecule has 0 saturated carbocycles. The molecule has 4 nitrogen and oxygen atoms in total. The highest BCUT2D eigenvalue weighted by Crippen LogP contribution is 2.33. The van der Waals surface area contributed by atoms with Gasteiger partial charge in [0.1, 0.15) is 10.7 Å². The number of benzene rings is 1. The van der Waals surface area contributed by atoms with E-state index in [0.717, 1.165) is 14.9 Å². The molecule has 0 unspecified atom stereocenters. The number of nitrogens with two attached hydrogens (primary N) is 1. The standard InChI is InChI=1S/C11H9N3OS/c1-5-13-10(15)8-6-3-2-4-7(12)9(6)16-11(8)14-5/h2-4H,12H2,1H3,(H,13,14,15). The summed E-state index contributed by atoms with van der Waals surface area (Å²) < 4.78 is 0.932. The zero-order valence-corrected chi connectivity index (χ0v) is 9.39. The molecule has 0 spiro atoms. The molecule has 0 radical (unpaired) electrons. The van der Waals surface area contributed by atoms with Crippen molar-refractivity contribution in [3.05, 3.63) is 34.4 Å². The summed E-state index contributed by atoms with van der Waals surface area (Å²) in [6.07, 6.45) is 0. The Morgan fingerprint density at radius 3 is 3.06 bits per heavy atom. The summed E-state index contributed by atoms with van der Waals surface area (Å²) >= 11 is 1.46. The highest BCUT2D eigenvalue weighted by Gasteiger charge is 2.11. The van der Waals surface area contributed by atoms with Gasteiger partial charge < -0.3 is 10.7 Å². The van der Waals surface area contributed by atoms with Crippen LogP contribution in [0.25, 0.3) is 20.3 Å². The second-order valence-electron chi connectivity index (χ2n) is 3.66. The van der Waals surface area contributed by atoms with Crippen LogP contribution in [0.5, 0.6) is 0 Å². The first-order chi connectivity index (χ1) is 7.66. The summed E-state index contributed by atoms with van der Waals surface area (Å²) in [6.45, 7) is 1.77. The number of hydrogen-bond acceptors (Lipinski definition) is 4. The molecule has 0 atom stereocenters. The summed E-state index contributed by atoms with van der Waals surface area (Å²) in [5.41, 5.74) is 6.47. The van der Waals surface area contributed by atoms with Gasteiger partial charge in [-0.05, 0) is 13.0 Å². The monoisotopic (exact) mass is 231 g/mol. The summed E-state index contributed by atoms with van der Waals surface area (Å²) in [6, 6.07) is 5.58. The summed E-state index contributed by atoms with van der Waals surface area (Å²) in [7, 11) is 0. The number of anilines is 1. The van der Waals surface area contributed by atoms with E-state index in [9.17, 15) is 4.79 Å². The fourth-order valence-electron chi connectivity index (χ4n) is 1.83. The first kappa shape index (κ1) is 9.35. The summed E-state index contributed by atoms with van der Waals surface area (Å²) in [4.78, 5) is 19.6. The van der Waals surface area contributed by atoms with Crippen molar-refractivity contribution in [3.63, 3.8) is 0 Å². The van der Waals surface area contributed by atoms with Crippen LogP contribution in [0.4, 0.5) is 5.69 Å². The van der Waals surface area contributed by atoms with E-state index in [4.69, 9.17) is 5.73 Å². The number of rotatable bonds is 0. The Labute approximate surface area is 94.7 Å². The van der Waals surface area contributed by atoms with E-state index in [2.05, 4.69) is 9.97 Å². The number of nitrogen functional groups attached to an aromatic ring is 1. The van der Waals surface area contributed by atoms with Crippen molar-refractivity contribution in [1.82, 2.24) is 9.97 Å². The quantitative estimate of drug-likeness (QED) is 0.581. The van der Waals surface area contributed by atoms with E-state index in [-0.39, 0.29) is 5.56 Å². The number of H-pyrrole nitrogens is 1. The summed E-state index contributed by atoms with van der Waals surface area (Å²) in [5, 5.41) is 1.52. The predicted molar refractivity (Wildman–Crippen MR) is 66.9 cm³/mol. The minimum atomic E-state index is -0.0978. The molecule has 0 aliphatic rings. The number of nitrogens with one attached hydrogen (secondary N) is 1. The molecule has 5 heteroatoms. The molecule has 0 amide bonds. The topological polar surface area (TPSA) is 71.8 Å². The number of aromatic nitrogens is 2. The molecule has 0 aliphatic carbocycles. The lowest BCUT2D eigenvalue weighted by molar-refractivity contribution is 1.07. The van der Waals surface area contributed by atoms with Crippen molar-refractivity contribution in [3.8, 4) is 0 Å². The second kappa shape index (κ2) is 3.05. The van der Waals surface area contributed by atoms with Gasteiger partial charge in [-0.3, -0.25) is 4.79 Å². The lowest BCUT2D eigenvalue weighted by Gasteiger charge is -1.94. The lowest BCUT2D eigenvalue weighted by atomic mass is 10.2. The summed E-state index contributed by atoms with van der Waals surface area (Å²) in [5.74, 6) is 0.627. The molecule has 3 aromatic rings. The van der Waals surface area contributed by atoms with Gasteiger partial charge in [0.2, 0.25) is 0 Å². The third-order valence-electron chi connectivity index (χ3n) is 2.52. The molecule has 1 aromatic carbocycles. The van der Waals surface area contributed by atoms with E-state index < -0.39 is 0 Å². The molecule has 0 saturated heterocycles. The van der Waals surface area contributed by atoms with Crippen LogP contribution in [0, 0.1) is 6.92 Å². The predicted octanol–water partition coefficient (Wildman–Crippen LogP) is 2.03. The van der Waals surface area contributed by atoms with Gasteiger partial charge in [0.25, 0.3) is 5.56 Å². The van der Waals surface area contributed by atoms with Gasteiger partial charge in [-0.2, -0.15) is 0 Å². The van der Waals surface area contributed by atoms with Gasteiger partial charge >= 0.3 is 0 Å². The molecular weight excluding hydrogens is 222 g/mol. The van der Waals surface area contributed by atoms with Crippen molar-refractivity contribution in [2.24, 2.45) is 0 Å². The number of aryl methyl sites for hydroxylation is 1. The molecular formula is C11H9N3OS. The molecule has 0 aliphatic heterocycles. The Kier molecular flexibility index (Phi) is 1.79. The third kappa shape index (κ3) is 1.15. The Morgan fingerprint density at radius 1 is 1.44 bits per heavy atom. The smallest absolute Gasteiger partial charge is 0.260 e. The zero-order chi connectivity index (χ0) is 11.3. The SMILES string of the molecule is Cc1nc2sc3c(N)cccc3c2c(=O)[nH]1. The second-order valence-corrected chi connectivity index (χ2v) is 4.66. The van der Waals surface area contributed by atoms with Gasteiger partial charge in [0, 0.05) is 11.1 Å². The maximum Gasteiger partial charge on any atom is 0.260 e. The number of thiophene rings is 1. The first-order valence-electron chi connectivity index (χ1n) is 4.84. The minimum Gasteiger partial charge on any atom is -0.398 e. The van der Waals surface area contributed by atoms with Crippen molar-refractivity contribution < 1.29 is 0 Å². The molecule has 2 heterocycles. The average Bonchev–Trinajstić information content (AvgIpc) is 2.57. The van der Waals surface area contributed by atoms with E-state index in [1.807, 2.05) is 18.2 Å². The van der Waals surface area contributed by atoms with Gasteiger partial charge in [-0.15, -0.1) is 11.3 Å². The van der Waals surface area contributed by atoms with Crippen LogP contribution in [-0.4, -0.2) is 9.97 Å². The Morgan fingerprint density at radius 2 is 2.25 bits per heavy atom. The van der Waals surface area contributed by atoms with E-state index in [1.165, 1.54) is 11.3 Å². The Hall–Kier alpha value is -1.88. The fourth-order valence-corrected chi connectivity index (χ4v) is 2.98. The maximum absolute atomic E-state index is 11.9. The van der Waals surface area contributed by atoms with Crippen LogP contribution in [-0.2, 0) is 0 Å².